The molecule has 0 aromatic heterocycles. The third kappa shape index (κ3) is 2.30. The van der Waals surface area contributed by atoms with Crippen LogP contribution >= 0.6 is 0 Å². The Labute approximate surface area is 102 Å². The monoisotopic (exact) mass is 254 g/mol. The van der Waals surface area contributed by atoms with Crippen LogP contribution in [0.15, 0.2) is 18.2 Å². The van der Waals surface area contributed by atoms with Crippen molar-refractivity contribution >= 4 is 15.7 Å². The zero-order valence-corrected chi connectivity index (χ0v) is 11.0. The van der Waals surface area contributed by atoms with Gasteiger partial charge in [0.1, 0.15) is 5.25 Å². The van der Waals surface area contributed by atoms with E-state index < -0.39 is 15.3 Å². The molecule has 0 bridgehead atoms. The Balaban J connectivity index is 2.57. The average molecular weight is 254 g/mol. The number of nitrogens with zero attached hydrogens (tertiary/aromatic N) is 1. The molecule has 0 amide bonds. The van der Waals surface area contributed by atoms with Gasteiger partial charge in [0.25, 0.3) is 0 Å². The molecule has 1 aromatic carbocycles. The van der Waals surface area contributed by atoms with E-state index in [-0.39, 0.29) is 0 Å². The molecule has 0 radical (unpaired) electrons. The maximum Gasteiger partial charge on any atom is 0.216 e. The molecule has 1 aliphatic carbocycles. The minimum atomic E-state index is -3.50. The summed E-state index contributed by atoms with van der Waals surface area (Å²) >= 11 is 0. The summed E-state index contributed by atoms with van der Waals surface area (Å²) in [5.41, 5.74) is 3.10. The third-order valence-corrected chi connectivity index (χ3v) is 4.59. The Morgan fingerprint density at radius 1 is 1.35 bits per heavy atom. The molecule has 1 unspecified atom stereocenters. The number of fused-ring (bicyclic) bond motifs is 1. The number of sulfonamides is 1. The van der Waals surface area contributed by atoms with Crippen molar-refractivity contribution in [2.75, 3.05) is 19.0 Å². The Morgan fingerprint density at radius 3 is 2.65 bits per heavy atom. The highest BCUT2D eigenvalue weighted by Crippen LogP contribution is 2.38. The molecule has 0 saturated carbocycles. The largest absolute Gasteiger partial charge is 0.377 e. The Hall–Kier alpha value is -1.07. The first-order chi connectivity index (χ1) is 7.91. The van der Waals surface area contributed by atoms with E-state index in [4.69, 9.17) is 5.14 Å². The van der Waals surface area contributed by atoms with Crippen molar-refractivity contribution in [2.45, 2.75) is 24.5 Å². The summed E-state index contributed by atoms with van der Waals surface area (Å²) in [4.78, 5) is 2.02. The smallest absolute Gasteiger partial charge is 0.216 e. The molecule has 0 fully saturated rings. The van der Waals surface area contributed by atoms with Crippen LogP contribution in [-0.2, 0) is 16.4 Å². The van der Waals surface area contributed by atoms with Crippen LogP contribution in [0.3, 0.4) is 0 Å². The van der Waals surface area contributed by atoms with Crippen molar-refractivity contribution in [1.29, 1.82) is 0 Å². The van der Waals surface area contributed by atoms with Gasteiger partial charge in [-0.15, -0.1) is 0 Å². The lowest BCUT2D eigenvalue weighted by molar-refractivity contribution is 0.562. The van der Waals surface area contributed by atoms with E-state index in [1.165, 1.54) is 0 Å². The van der Waals surface area contributed by atoms with Crippen LogP contribution in [0.2, 0.25) is 0 Å². The van der Waals surface area contributed by atoms with Crippen LogP contribution < -0.4 is 10.0 Å². The van der Waals surface area contributed by atoms with E-state index in [9.17, 15) is 8.42 Å². The van der Waals surface area contributed by atoms with Crippen molar-refractivity contribution in [3.63, 3.8) is 0 Å². The standard InChI is InChI=1S/C12H18N2O2S/c1-14(2)11-7-3-6-10-9(11)5-4-8-12(10)17(13,15)16/h3,6-7,12H,4-5,8H2,1-2H3,(H2,13,15,16). The van der Waals surface area contributed by atoms with Crippen molar-refractivity contribution in [3.8, 4) is 0 Å². The minimum absolute atomic E-state index is 0.536. The van der Waals surface area contributed by atoms with E-state index in [0.717, 1.165) is 29.7 Å². The molecule has 2 N–H and O–H groups in total. The number of nitrogens with two attached hydrogens (primary N) is 1. The van der Waals surface area contributed by atoms with Gasteiger partial charge in [-0.05, 0) is 36.5 Å². The molecule has 2 rings (SSSR count). The van der Waals surface area contributed by atoms with Gasteiger partial charge < -0.3 is 4.90 Å². The van der Waals surface area contributed by atoms with Crippen LogP contribution in [0.4, 0.5) is 5.69 Å². The lowest BCUT2D eigenvalue weighted by atomic mass is 9.90. The topological polar surface area (TPSA) is 63.4 Å². The third-order valence-electron chi connectivity index (χ3n) is 3.31. The molecule has 0 heterocycles. The van der Waals surface area contributed by atoms with E-state index in [2.05, 4.69) is 0 Å². The number of primary sulfonamides is 1. The molecule has 0 spiro atoms. The second-order valence-electron chi connectivity index (χ2n) is 4.71. The fourth-order valence-corrected chi connectivity index (χ4v) is 3.62. The number of rotatable bonds is 2. The van der Waals surface area contributed by atoms with Crippen LogP contribution in [0, 0.1) is 0 Å². The fourth-order valence-electron chi connectivity index (χ4n) is 2.55. The first-order valence-electron chi connectivity index (χ1n) is 5.72. The second-order valence-corrected chi connectivity index (χ2v) is 6.46. The number of hydrogen-bond acceptors (Lipinski definition) is 3. The minimum Gasteiger partial charge on any atom is -0.377 e. The molecule has 5 heteroatoms. The first-order valence-corrected chi connectivity index (χ1v) is 7.33. The highest BCUT2D eigenvalue weighted by molar-refractivity contribution is 7.89. The van der Waals surface area contributed by atoms with Gasteiger partial charge in [-0.1, -0.05) is 12.1 Å². The zero-order valence-electron chi connectivity index (χ0n) is 10.2. The lowest BCUT2D eigenvalue weighted by Crippen LogP contribution is -2.26. The molecule has 0 saturated heterocycles. The summed E-state index contributed by atoms with van der Waals surface area (Å²) in [6, 6.07) is 5.80. The van der Waals surface area contributed by atoms with Crippen LogP contribution in [0.25, 0.3) is 0 Å². The normalized spacial score (nSPS) is 19.8. The summed E-state index contributed by atoms with van der Waals surface area (Å²) < 4.78 is 23.2. The SMILES string of the molecule is CN(C)c1cccc2c1CCCC2S(N)(=O)=O. The molecule has 1 aliphatic rings. The van der Waals surface area contributed by atoms with E-state index in [1.54, 1.807) is 0 Å². The van der Waals surface area contributed by atoms with E-state index in [1.807, 2.05) is 37.2 Å². The summed E-state index contributed by atoms with van der Waals surface area (Å²) in [5.74, 6) is 0. The number of hydrogen-bond donors (Lipinski definition) is 1. The van der Waals surface area contributed by atoms with Crippen molar-refractivity contribution in [1.82, 2.24) is 0 Å². The molecule has 0 aliphatic heterocycles. The zero-order chi connectivity index (χ0) is 12.6. The molecular formula is C12H18N2O2S. The molecule has 17 heavy (non-hydrogen) atoms. The van der Waals surface area contributed by atoms with E-state index >= 15 is 0 Å². The van der Waals surface area contributed by atoms with Gasteiger partial charge in [-0.25, -0.2) is 13.6 Å². The van der Waals surface area contributed by atoms with Crippen LogP contribution in [-0.4, -0.2) is 22.5 Å². The Kier molecular flexibility index (Phi) is 3.14. The maximum absolute atomic E-state index is 11.6. The van der Waals surface area contributed by atoms with Crippen molar-refractivity contribution in [3.05, 3.63) is 29.3 Å². The van der Waals surface area contributed by atoms with E-state index in [0.29, 0.717) is 6.42 Å². The maximum atomic E-state index is 11.6. The summed E-state index contributed by atoms with van der Waals surface area (Å²) in [6.45, 7) is 0. The van der Waals surface area contributed by atoms with Crippen molar-refractivity contribution < 1.29 is 8.42 Å². The van der Waals surface area contributed by atoms with Crippen LogP contribution in [0.5, 0.6) is 0 Å². The summed E-state index contributed by atoms with van der Waals surface area (Å²) in [7, 11) is 0.437. The van der Waals surface area contributed by atoms with Gasteiger partial charge >= 0.3 is 0 Å². The van der Waals surface area contributed by atoms with Crippen LogP contribution in [0.1, 0.15) is 29.2 Å². The number of anilines is 1. The number of benzene rings is 1. The highest BCUT2D eigenvalue weighted by atomic mass is 32.2. The molecule has 1 atom stereocenters. The highest BCUT2D eigenvalue weighted by Gasteiger charge is 2.30. The molecule has 1 aromatic rings. The van der Waals surface area contributed by atoms with Gasteiger partial charge in [-0.2, -0.15) is 0 Å². The quantitative estimate of drug-likeness (QED) is 0.868. The van der Waals surface area contributed by atoms with Gasteiger partial charge in [-0.3, -0.25) is 0 Å². The first kappa shape index (κ1) is 12.4. The summed E-state index contributed by atoms with van der Waals surface area (Å²) in [5, 5.41) is 4.77. The predicted octanol–water partition coefficient (Wildman–Crippen LogP) is 1.42. The Bertz CT molecular complexity index is 523. The van der Waals surface area contributed by atoms with Gasteiger partial charge in [0.2, 0.25) is 10.0 Å². The molecule has 94 valence electrons. The fraction of sp³-hybridized carbons (Fsp3) is 0.500. The van der Waals surface area contributed by atoms with Crippen molar-refractivity contribution in [2.24, 2.45) is 5.14 Å². The molecule has 4 nitrogen and oxygen atoms in total. The van der Waals surface area contributed by atoms with Gasteiger partial charge in [0.15, 0.2) is 0 Å². The second kappa shape index (κ2) is 4.31. The predicted molar refractivity (Wildman–Crippen MR) is 69.6 cm³/mol. The van der Waals surface area contributed by atoms with Gasteiger partial charge in [0.05, 0.1) is 0 Å². The Morgan fingerprint density at radius 2 is 2.06 bits per heavy atom. The summed E-state index contributed by atoms with van der Waals surface area (Å²) in [6.07, 6.45) is 2.43. The lowest BCUT2D eigenvalue weighted by Gasteiger charge is -2.28. The van der Waals surface area contributed by atoms with Gasteiger partial charge in [0, 0.05) is 19.8 Å². The molecular weight excluding hydrogens is 236 g/mol. The average Bonchev–Trinajstić information content (AvgIpc) is 2.26.